The van der Waals surface area contributed by atoms with E-state index in [0.29, 0.717) is 19.4 Å². The summed E-state index contributed by atoms with van der Waals surface area (Å²) in [6, 6.07) is 0. The molecule has 1 atom stereocenters. The molecule has 0 rings (SSSR count). The highest BCUT2D eigenvalue weighted by Gasteiger charge is 2.17. The topological polar surface area (TPSA) is 61.8 Å². The van der Waals surface area contributed by atoms with Crippen LogP contribution in [-0.4, -0.2) is 37.9 Å². The second-order valence-electron chi connectivity index (χ2n) is 17.8. The first kappa shape index (κ1) is 59.6. The van der Waals surface area contributed by atoms with Gasteiger partial charge >= 0.3 is 11.9 Å². The predicted octanol–water partition coefficient (Wildman–Crippen LogP) is 18.1. The number of hydrogen-bond acceptors (Lipinski definition) is 5. The lowest BCUT2D eigenvalue weighted by Gasteiger charge is -2.18. The first-order chi connectivity index (χ1) is 30.6. The van der Waals surface area contributed by atoms with Gasteiger partial charge in [-0.15, -0.1) is 0 Å². The van der Waals surface area contributed by atoms with Gasteiger partial charge in [0.2, 0.25) is 0 Å². The van der Waals surface area contributed by atoms with Crippen molar-refractivity contribution in [2.24, 2.45) is 0 Å². The third kappa shape index (κ3) is 50.2. The summed E-state index contributed by atoms with van der Waals surface area (Å²) in [5.74, 6) is -0.425. The molecule has 0 fully saturated rings. The van der Waals surface area contributed by atoms with Gasteiger partial charge in [0.1, 0.15) is 6.61 Å². The zero-order chi connectivity index (χ0) is 44.9. The van der Waals surface area contributed by atoms with Crippen molar-refractivity contribution < 1.29 is 23.8 Å². The number of rotatable bonds is 49. The Morgan fingerprint density at radius 1 is 0.371 bits per heavy atom. The molecule has 62 heavy (non-hydrogen) atoms. The molecule has 360 valence electrons. The number of carbonyl (C=O) groups is 2. The minimum absolute atomic E-state index is 0.0594. The van der Waals surface area contributed by atoms with Gasteiger partial charge in [0, 0.05) is 12.8 Å². The molecule has 0 aliphatic carbocycles. The van der Waals surface area contributed by atoms with E-state index in [4.69, 9.17) is 14.2 Å². The Morgan fingerprint density at radius 2 is 0.694 bits per heavy atom. The van der Waals surface area contributed by atoms with Crippen molar-refractivity contribution in [1.29, 1.82) is 0 Å². The summed E-state index contributed by atoms with van der Waals surface area (Å²) in [6.45, 7) is 7.55. The van der Waals surface area contributed by atoms with Crippen LogP contribution in [0.4, 0.5) is 0 Å². The summed E-state index contributed by atoms with van der Waals surface area (Å²) in [4.78, 5) is 25.4. The summed E-state index contributed by atoms with van der Waals surface area (Å²) < 4.78 is 17.3. The molecule has 0 radical (unpaired) electrons. The maximum atomic E-state index is 12.8. The number of hydrogen-bond donors (Lipinski definition) is 0. The highest BCUT2D eigenvalue weighted by atomic mass is 16.6. The largest absolute Gasteiger partial charge is 0.462 e. The minimum Gasteiger partial charge on any atom is -0.462 e. The van der Waals surface area contributed by atoms with Gasteiger partial charge in [-0.05, 0) is 51.4 Å². The molecular weight excluding hydrogens is 765 g/mol. The van der Waals surface area contributed by atoms with Gasteiger partial charge in [0.25, 0.3) is 0 Å². The summed E-state index contributed by atoms with van der Waals surface area (Å²) in [5, 5.41) is 0. The van der Waals surface area contributed by atoms with Gasteiger partial charge < -0.3 is 14.2 Å². The van der Waals surface area contributed by atoms with Crippen molar-refractivity contribution in [1.82, 2.24) is 0 Å². The van der Waals surface area contributed by atoms with Crippen LogP contribution < -0.4 is 0 Å². The average molecular weight is 867 g/mol. The van der Waals surface area contributed by atoms with Crippen molar-refractivity contribution in [2.75, 3.05) is 19.8 Å². The van der Waals surface area contributed by atoms with E-state index in [9.17, 15) is 9.59 Å². The maximum Gasteiger partial charge on any atom is 0.306 e. The predicted molar refractivity (Wildman–Crippen MR) is 270 cm³/mol. The Bertz CT molecular complexity index is 1070. The highest BCUT2D eigenvalue weighted by Crippen LogP contribution is 2.16. The van der Waals surface area contributed by atoms with Crippen molar-refractivity contribution >= 4 is 11.9 Å². The van der Waals surface area contributed by atoms with Crippen LogP contribution in [0.1, 0.15) is 265 Å². The molecule has 0 aromatic rings. The maximum absolute atomic E-state index is 12.8. The monoisotopic (exact) mass is 867 g/mol. The van der Waals surface area contributed by atoms with Gasteiger partial charge in [-0.25, -0.2) is 0 Å². The normalized spacial score (nSPS) is 12.6. The lowest BCUT2D eigenvalue weighted by molar-refractivity contribution is -0.162. The molecule has 0 saturated heterocycles. The van der Waals surface area contributed by atoms with Crippen LogP contribution in [0.25, 0.3) is 0 Å². The summed E-state index contributed by atoms with van der Waals surface area (Å²) >= 11 is 0. The Hall–Kier alpha value is -2.40. The van der Waals surface area contributed by atoms with E-state index in [-0.39, 0.29) is 25.2 Å². The third-order valence-corrected chi connectivity index (χ3v) is 11.6. The van der Waals surface area contributed by atoms with Crippen LogP contribution in [0.15, 0.2) is 60.8 Å². The molecular formula is C57H102O5. The smallest absolute Gasteiger partial charge is 0.306 e. The minimum atomic E-state index is -0.572. The molecule has 0 aliphatic heterocycles. The van der Waals surface area contributed by atoms with E-state index in [2.05, 4.69) is 81.5 Å². The molecule has 0 bridgehead atoms. The molecule has 0 aromatic heterocycles. The average Bonchev–Trinajstić information content (AvgIpc) is 3.27. The van der Waals surface area contributed by atoms with Crippen LogP contribution in [0.2, 0.25) is 0 Å². The molecule has 0 N–H and O–H groups in total. The van der Waals surface area contributed by atoms with Crippen LogP contribution >= 0.6 is 0 Å². The SMILES string of the molecule is CC/C=C\C/C=C\C/C=C\C/C=C\C/C=C\CCOCC(COC(=O)CCCCCCCCCCCCCCCCC)OC(=O)CCCCCCCCCCCCCCCCC. The Balaban J connectivity index is 4.34. The lowest BCUT2D eigenvalue weighted by Crippen LogP contribution is -2.30. The quantitative estimate of drug-likeness (QED) is 0.0346. The molecule has 5 heteroatoms. The number of carbonyl (C=O) groups excluding carboxylic acids is 2. The van der Waals surface area contributed by atoms with E-state index < -0.39 is 6.10 Å². The second kappa shape index (κ2) is 52.9. The second-order valence-corrected chi connectivity index (χ2v) is 17.8. The Labute approximate surface area is 385 Å². The van der Waals surface area contributed by atoms with Gasteiger partial charge in [-0.3, -0.25) is 9.59 Å². The fourth-order valence-corrected chi connectivity index (χ4v) is 7.64. The van der Waals surface area contributed by atoms with Crippen molar-refractivity contribution in [3.05, 3.63) is 60.8 Å². The van der Waals surface area contributed by atoms with Crippen LogP contribution in [0, 0.1) is 0 Å². The summed E-state index contributed by atoms with van der Waals surface area (Å²) in [6.07, 6.45) is 66.8. The molecule has 0 aliphatic rings. The number of unbranched alkanes of at least 4 members (excludes halogenated alkanes) is 28. The highest BCUT2D eigenvalue weighted by molar-refractivity contribution is 5.70. The van der Waals surface area contributed by atoms with Crippen LogP contribution in [0.5, 0.6) is 0 Å². The molecule has 0 heterocycles. The van der Waals surface area contributed by atoms with Gasteiger partial charge in [-0.1, -0.05) is 261 Å². The standard InChI is InChI=1S/C57H102O5/c1-4-7-10-13-16-19-22-25-28-31-34-37-40-43-46-49-52-60-53-55(62-57(59)51-48-45-42-39-36-33-30-27-24-21-18-15-12-9-6-3)54-61-56(58)50-47-44-41-38-35-32-29-26-23-20-17-14-11-8-5-2/h7,10,16,19,25,28,34,37,43,46,55H,4-6,8-9,11-15,17-18,20-24,26-27,29-33,35-36,38-42,44-45,47-54H2,1-3H3/b10-7-,19-16-,28-25-,37-34-,46-43-. The first-order valence-electron chi connectivity index (χ1n) is 26.8. The third-order valence-electron chi connectivity index (χ3n) is 11.6. The van der Waals surface area contributed by atoms with Gasteiger partial charge in [-0.2, -0.15) is 0 Å². The van der Waals surface area contributed by atoms with Crippen molar-refractivity contribution in [3.63, 3.8) is 0 Å². The van der Waals surface area contributed by atoms with E-state index >= 15 is 0 Å². The molecule has 1 unspecified atom stereocenters. The van der Waals surface area contributed by atoms with E-state index in [1.54, 1.807) is 0 Å². The van der Waals surface area contributed by atoms with Crippen molar-refractivity contribution in [3.8, 4) is 0 Å². The van der Waals surface area contributed by atoms with E-state index in [1.165, 1.54) is 167 Å². The zero-order valence-corrected chi connectivity index (χ0v) is 41.4. The van der Waals surface area contributed by atoms with Gasteiger partial charge in [0.15, 0.2) is 6.10 Å². The van der Waals surface area contributed by atoms with Gasteiger partial charge in [0.05, 0.1) is 13.2 Å². The Morgan fingerprint density at radius 3 is 1.06 bits per heavy atom. The van der Waals surface area contributed by atoms with E-state index in [1.807, 2.05) is 0 Å². The van der Waals surface area contributed by atoms with Crippen molar-refractivity contribution in [2.45, 2.75) is 271 Å². The fraction of sp³-hybridized carbons (Fsp3) is 0.789. The molecule has 0 amide bonds. The molecule has 5 nitrogen and oxygen atoms in total. The Kier molecular flexibility index (Phi) is 50.9. The number of ether oxygens (including phenoxy) is 3. The first-order valence-corrected chi connectivity index (χ1v) is 26.8. The molecule has 0 aromatic carbocycles. The summed E-state index contributed by atoms with van der Waals surface area (Å²) in [5.41, 5.74) is 0. The fourth-order valence-electron chi connectivity index (χ4n) is 7.64. The zero-order valence-electron chi connectivity index (χ0n) is 41.4. The number of allylic oxidation sites excluding steroid dienone is 9. The van der Waals surface area contributed by atoms with Crippen LogP contribution in [-0.2, 0) is 23.8 Å². The molecule has 0 spiro atoms. The summed E-state index contributed by atoms with van der Waals surface area (Å²) in [7, 11) is 0. The lowest BCUT2D eigenvalue weighted by atomic mass is 10.0. The molecule has 0 saturated carbocycles. The van der Waals surface area contributed by atoms with E-state index in [0.717, 1.165) is 64.2 Å². The number of esters is 2. The van der Waals surface area contributed by atoms with Crippen LogP contribution in [0.3, 0.4) is 0 Å².